The number of nitrogens with zero attached hydrogens (tertiary/aromatic N) is 3. The normalized spacial score (nSPS) is 30.1. The van der Waals surface area contributed by atoms with Gasteiger partial charge < -0.3 is 19.9 Å². The highest BCUT2D eigenvalue weighted by Gasteiger charge is 2.53. The summed E-state index contributed by atoms with van der Waals surface area (Å²) in [5, 5.41) is 4.00. The predicted molar refractivity (Wildman–Crippen MR) is 95.4 cm³/mol. The molecule has 27 heavy (non-hydrogen) atoms. The van der Waals surface area contributed by atoms with Gasteiger partial charge in [0.1, 0.15) is 12.3 Å². The van der Waals surface area contributed by atoms with Crippen LogP contribution >= 0.6 is 0 Å². The average molecular weight is 402 g/mol. The van der Waals surface area contributed by atoms with Crippen LogP contribution in [0.15, 0.2) is 0 Å². The van der Waals surface area contributed by atoms with Gasteiger partial charge in [-0.25, -0.2) is 4.79 Å². The summed E-state index contributed by atoms with van der Waals surface area (Å²) in [6, 6.07) is -1.10. The van der Waals surface area contributed by atoms with Gasteiger partial charge in [-0.05, 0) is 45.1 Å². The lowest BCUT2D eigenvalue weighted by Crippen LogP contribution is -2.66. The molecule has 4 rings (SSSR count). The molecule has 2 bridgehead atoms. The van der Waals surface area contributed by atoms with Crippen molar-refractivity contribution in [1.82, 2.24) is 20.2 Å². The summed E-state index contributed by atoms with van der Waals surface area (Å²) in [4.78, 5) is 37.4. The van der Waals surface area contributed by atoms with E-state index in [1.807, 2.05) is 0 Å². The van der Waals surface area contributed by atoms with E-state index in [0.29, 0.717) is 24.8 Å². The minimum Gasteiger partial charge on any atom is -0.352 e. The second kappa shape index (κ2) is 7.82. The average Bonchev–Trinajstić information content (AvgIpc) is 2.77. The van der Waals surface area contributed by atoms with Gasteiger partial charge in [-0.15, -0.1) is 4.28 Å². The van der Waals surface area contributed by atoms with Crippen LogP contribution in [0.3, 0.4) is 0 Å². The Bertz CT molecular complexity index is 632. The first kappa shape index (κ1) is 20.2. The van der Waals surface area contributed by atoms with Crippen molar-refractivity contribution < 1.29 is 27.4 Å². The number of likely N-dealkylation sites (tertiary alicyclic amines) is 1. The Morgan fingerprint density at radius 1 is 1.37 bits per heavy atom. The number of urea groups is 1. The number of nitrogens with one attached hydrogen (secondary N) is 1. The molecule has 3 amide bonds. The maximum absolute atomic E-state index is 12.6. The number of carbonyl (C=O) groups excluding carboxylic acids is 3. The molecule has 3 aliphatic heterocycles. The van der Waals surface area contributed by atoms with E-state index < -0.39 is 23.4 Å². The standard InChI is InChI=1S/C14H22N4O5S.C2H4O/c1-16-7-14(8-16)4-9(5-14)15-12(19)11-3-2-10-6-17(11)13(20)18(10)23-24(21)22;1-2-3/h9-11H,2-8H2,1H3,(H,15,19)(H,21,22);2H,1H3. The molecule has 1 spiro atoms. The molecule has 0 radical (unpaired) electrons. The largest absolute Gasteiger partial charge is 0.352 e. The van der Waals surface area contributed by atoms with E-state index in [0.717, 1.165) is 37.3 Å². The smallest absolute Gasteiger partial charge is 0.346 e. The minimum atomic E-state index is -2.54. The molecule has 1 aliphatic carbocycles. The molecule has 0 aromatic heterocycles. The number of rotatable bonds is 4. The lowest BCUT2D eigenvalue weighted by atomic mass is 9.61. The molecule has 0 aromatic carbocycles. The number of fused-ring (bicyclic) bond motifs is 2. The highest BCUT2D eigenvalue weighted by molar-refractivity contribution is 7.74. The van der Waals surface area contributed by atoms with Crippen LogP contribution in [0.4, 0.5) is 4.79 Å². The number of hydrogen-bond acceptors (Lipinski definition) is 6. The number of aldehydes is 1. The number of hydrogen-bond donors (Lipinski definition) is 2. The molecule has 152 valence electrons. The van der Waals surface area contributed by atoms with Crippen LogP contribution in [0.2, 0.25) is 0 Å². The van der Waals surface area contributed by atoms with E-state index in [1.54, 1.807) is 0 Å². The van der Waals surface area contributed by atoms with Gasteiger partial charge in [0.15, 0.2) is 0 Å². The number of carbonyl (C=O) groups is 3. The van der Waals surface area contributed by atoms with Crippen molar-refractivity contribution in [1.29, 1.82) is 0 Å². The molecule has 3 unspecified atom stereocenters. The zero-order valence-corrected chi connectivity index (χ0v) is 16.3. The van der Waals surface area contributed by atoms with E-state index >= 15 is 0 Å². The van der Waals surface area contributed by atoms with Crippen molar-refractivity contribution in [2.75, 3.05) is 26.7 Å². The van der Waals surface area contributed by atoms with Crippen LogP contribution in [0.1, 0.15) is 32.6 Å². The Labute approximate surface area is 160 Å². The van der Waals surface area contributed by atoms with Crippen molar-refractivity contribution in [3.05, 3.63) is 0 Å². The second-order valence-electron chi connectivity index (χ2n) is 7.82. The Balaban J connectivity index is 0.000000659. The fourth-order valence-corrected chi connectivity index (χ4v) is 5.14. The van der Waals surface area contributed by atoms with Gasteiger partial charge in [-0.1, -0.05) is 0 Å². The molecule has 11 heteroatoms. The SMILES string of the molecule is CC=O.CN1CC2(CC(NC(=O)C3CCC4CN3C(=O)N4OS(=O)O)C2)C1. The van der Waals surface area contributed by atoms with Gasteiger partial charge in [0, 0.05) is 25.7 Å². The zero-order valence-electron chi connectivity index (χ0n) is 15.5. The first-order valence-electron chi connectivity index (χ1n) is 9.06. The third kappa shape index (κ3) is 4.00. The van der Waals surface area contributed by atoms with Gasteiger partial charge in [-0.3, -0.25) is 9.35 Å². The molecule has 10 nitrogen and oxygen atoms in total. The summed E-state index contributed by atoms with van der Waals surface area (Å²) in [5.74, 6) is -0.124. The van der Waals surface area contributed by atoms with Crippen LogP contribution in [0, 0.1) is 5.41 Å². The van der Waals surface area contributed by atoms with E-state index in [-0.39, 0.29) is 18.0 Å². The van der Waals surface area contributed by atoms with E-state index in [2.05, 4.69) is 21.5 Å². The zero-order chi connectivity index (χ0) is 19.8. The monoisotopic (exact) mass is 402 g/mol. The molecule has 3 atom stereocenters. The molecule has 3 heterocycles. The van der Waals surface area contributed by atoms with Gasteiger partial charge in [0.05, 0.1) is 6.04 Å². The summed E-state index contributed by atoms with van der Waals surface area (Å²) in [7, 11) is 2.10. The fraction of sp³-hybridized carbons (Fsp3) is 0.812. The van der Waals surface area contributed by atoms with Crippen LogP contribution in [0.25, 0.3) is 0 Å². The van der Waals surface area contributed by atoms with Crippen LogP contribution in [0.5, 0.6) is 0 Å². The Kier molecular flexibility index (Phi) is 5.84. The molecule has 2 N–H and O–H groups in total. The predicted octanol–water partition coefficient (Wildman–Crippen LogP) is -0.261. The Hall–Kier alpha value is -1.56. The van der Waals surface area contributed by atoms with Crippen molar-refractivity contribution in [2.24, 2.45) is 5.41 Å². The molecule has 1 saturated carbocycles. The Morgan fingerprint density at radius 3 is 2.56 bits per heavy atom. The summed E-state index contributed by atoms with van der Waals surface area (Å²) in [5.41, 5.74) is 0.393. The lowest BCUT2D eigenvalue weighted by molar-refractivity contribution is -0.131. The maximum Gasteiger partial charge on any atom is 0.346 e. The van der Waals surface area contributed by atoms with Gasteiger partial charge in [0.2, 0.25) is 5.91 Å². The summed E-state index contributed by atoms with van der Waals surface area (Å²) >= 11 is -2.54. The third-order valence-corrected chi connectivity index (χ3v) is 5.97. The quantitative estimate of drug-likeness (QED) is 0.491. The lowest BCUT2D eigenvalue weighted by Gasteiger charge is -2.58. The summed E-state index contributed by atoms with van der Waals surface area (Å²) in [6.45, 7) is 3.99. The highest BCUT2D eigenvalue weighted by Crippen LogP contribution is 2.47. The Morgan fingerprint density at radius 2 is 2.00 bits per heavy atom. The van der Waals surface area contributed by atoms with Crippen LogP contribution in [-0.4, -0.2) is 86.7 Å². The highest BCUT2D eigenvalue weighted by atomic mass is 32.2. The van der Waals surface area contributed by atoms with Gasteiger partial charge >= 0.3 is 17.4 Å². The second-order valence-corrected chi connectivity index (χ2v) is 8.40. The van der Waals surface area contributed by atoms with Crippen molar-refractivity contribution >= 4 is 29.6 Å². The number of piperidine rings is 1. The van der Waals surface area contributed by atoms with Crippen molar-refractivity contribution in [3.8, 4) is 0 Å². The minimum absolute atomic E-state index is 0.124. The molecular formula is C16H26N4O6S. The molecular weight excluding hydrogens is 376 g/mol. The van der Waals surface area contributed by atoms with Crippen molar-refractivity contribution in [3.63, 3.8) is 0 Å². The summed E-state index contributed by atoms with van der Waals surface area (Å²) < 4.78 is 24.3. The molecule has 0 aromatic rings. The maximum atomic E-state index is 12.6. The molecule has 3 saturated heterocycles. The van der Waals surface area contributed by atoms with E-state index in [4.69, 9.17) is 9.35 Å². The topological polar surface area (TPSA) is 119 Å². The van der Waals surface area contributed by atoms with E-state index in [1.165, 1.54) is 11.8 Å². The first-order chi connectivity index (χ1) is 12.8. The molecule has 4 aliphatic rings. The summed E-state index contributed by atoms with van der Waals surface area (Å²) in [6.07, 6.45) is 3.88. The molecule has 4 fully saturated rings. The van der Waals surface area contributed by atoms with Crippen LogP contribution in [-0.2, 0) is 25.2 Å². The number of amides is 3. The van der Waals surface area contributed by atoms with Crippen molar-refractivity contribution in [2.45, 2.75) is 50.7 Å². The third-order valence-electron chi connectivity index (χ3n) is 5.69. The van der Waals surface area contributed by atoms with Gasteiger partial charge in [-0.2, -0.15) is 9.27 Å². The van der Waals surface area contributed by atoms with Crippen LogP contribution < -0.4 is 5.32 Å². The fourth-order valence-electron chi connectivity index (χ4n) is 4.81. The van der Waals surface area contributed by atoms with E-state index in [9.17, 15) is 13.8 Å². The van der Waals surface area contributed by atoms with Gasteiger partial charge in [0.25, 0.3) is 0 Å². The number of hydroxylamine groups is 2. The first-order valence-corrected chi connectivity index (χ1v) is 10.1.